The van der Waals surface area contributed by atoms with Crippen LogP contribution in [-0.2, 0) is 9.53 Å². The van der Waals surface area contributed by atoms with Crippen molar-refractivity contribution in [2.24, 2.45) is 5.92 Å². The SMILES string of the molecule is CCOC(=O)N[C@H](C(=O)Nc1[nH]ncc1Nc1cccc(Cl)c1)C(C)C. The summed E-state index contributed by atoms with van der Waals surface area (Å²) in [5.41, 5.74) is 1.32. The fraction of sp³-hybridized carbons (Fsp3) is 0.353. The Kier molecular flexibility index (Phi) is 6.85. The van der Waals surface area contributed by atoms with Gasteiger partial charge in [0.15, 0.2) is 5.82 Å². The molecule has 9 heteroatoms. The van der Waals surface area contributed by atoms with E-state index in [1.807, 2.05) is 19.9 Å². The van der Waals surface area contributed by atoms with Crippen molar-refractivity contribution < 1.29 is 14.3 Å². The van der Waals surface area contributed by atoms with Gasteiger partial charge in [-0.2, -0.15) is 5.10 Å². The summed E-state index contributed by atoms with van der Waals surface area (Å²) in [6.45, 7) is 5.58. The number of alkyl carbamates (subject to hydrolysis) is 1. The molecular weight excluding hydrogens is 358 g/mol. The number of rotatable bonds is 7. The van der Waals surface area contributed by atoms with Crippen molar-refractivity contribution in [3.8, 4) is 0 Å². The van der Waals surface area contributed by atoms with Crippen LogP contribution >= 0.6 is 11.6 Å². The summed E-state index contributed by atoms with van der Waals surface area (Å²) >= 11 is 5.97. The van der Waals surface area contributed by atoms with Crippen LogP contribution in [0.15, 0.2) is 30.5 Å². The lowest BCUT2D eigenvalue weighted by atomic mass is 10.0. The number of carbonyl (C=O) groups excluding carboxylic acids is 2. The third kappa shape index (κ3) is 5.38. The number of nitrogens with zero attached hydrogens (tertiary/aromatic N) is 1. The number of carbonyl (C=O) groups is 2. The largest absolute Gasteiger partial charge is 0.450 e. The number of hydrogen-bond acceptors (Lipinski definition) is 5. The Morgan fingerprint density at radius 1 is 1.35 bits per heavy atom. The Balaban J connectivity index is 2.08. The van der Waals surface area contributed by atoms with Crippen LogP contribution in [0.3, 0.4) is 0 Å². The molecule has 0 radical (unpaired) electrons. The average Bonchev–Trinajstić information content (AvgIpc) is 2.99. The number of benzene rings is 1. The second-order valence-electron chi connectivity index (χ2n) is 5.87. The lowest BCUT2D eigenvalue weighted by molar-refractivity contribution is -0.119. The number of amides is 2. The smallest absolute Gasteiger partial charge is 0.407 e. The zero-order valence-corrected chi connectivity index (χ0v) is 15.6. The topological polar surface area (TPSA) is 108 Å². The Bertz CT molecular complexity index is 762. The highest BCUT2D eigenvalue weighted by molar-refractivity contribution is 6.30. The van der Waals surface area contributed by atoms with E-state index < -0.39 is 12.1 Å². The van der Waals surface area contributed by atoms with Crippen molar-refractivity contribution in [3.05, 3.63) is 35.5 Å². The van der Waals surface area contributed by atoms with E-state index in [2.05, 4.69) is 26.1 Å². The summed E-state index contributed by atoms with van der Waals surface area (Å²) in [7, 11) is 0. The molecule has 1 aromatic carbocycles. The van der Waals surface area contributed by atoms with Gasteiger partial charge in [-0.05, 0) is 31.0 Å². The van der Waals surface area contributed by atoms with Crippen molar-refractivity contribution in [2.75, 3.05) is 17.2 Å². The van der Waals surface area contributed by atoms with Crippen LogP contribution in [0.25, 0.3) is 0 Å². The van der Waals surface area contributed by atoms with Gasteiger partial charge in [0, 0.05) is 10.7 Å². The van der Waals surface area contributed by atoms with Crippen LogP contribution in [0.1, 0.15) is 20.8 Å². The van der Waals surface area contributed by atoms with E-state index in [0.29, 0.717) is 16.5 Å². The first kappa shape index (κ1) is 19.6. The minimum Gasteiger partial charge on any atom is -0.450 e. The number of aromatic nitrogens is 2. The number of aromatic amines is 1. The molecule has 0 spiro atoms. The summed E-state index contributed by atoms with van der Waals surface area (Å²) in [4.78, 5) is 24.2. The Morgan fingerprint density at radius 2 is 2.12 bits per heavy atom. The molecule has 2 aromatic rings. The molecule has 140 valence electrons. The monoisotopic (exact) mass is 379 g/mol. The first-order valence-corrected chi connectivity index (χ1v) is 8.58. The van der Waals surface area contributed by atoms with E-state index in [9.17, 15) is 9.59 Å². The summed E-state index contributed by atoms with van der Waals surface area (Å²) < 4.78 is 4.85. The molecule has 0 aliphatic heterocycles. The lowest BCUT2D eigenvalue weighted by Gasteiger charge is -2.21. The van der Waals surface area contributed by atoms with Crippen molar-refractivity contribution in [1.82, 2.24) is 15.5 Å². The van der Waals surface area contributed by atoms with E-state index in [1.54, 1.807) is 31.3 Å². The van der Waals surface area contributed by atoms with Crippen LogP contribution in [0.5, 0.6) is 0 Å². The molecule has 0 unspecified atom stereocenters. The summed E-state index contributed by atoms with van der Waals surface area (Å²) in [6, 6.07) is 6.40. The molecule has 2 rings (SSSR count). The van der Waals surface area contributed by atoms with Gasteiger partial charge in [0.2, 0.25) is 5.91 Å². The third-order valence-corrected chi connectivity index (χ3v) is 3.72. The molecule has 1 aromatic heterocycles. The molecule has 0 saturated carbocycles. The van der Waals surface area contributed by atoms with Crippen LogP contribution in [0.2, 0.25) is 5.02 Å². The van der Waals surface area contributed by atoms with Crippen LogP contribution in [-0.4, -0.2) is 34.8 Å². The van der Waals surface area contributed by atoms with Gasteiger partial charge in [0.1, 0.15) is 11.7 Å². The molecule has 8 nitrogen and oxygen atoms in total. The Morgan fingerprint density at radius 3 is 2.77 bits per heavy atom. The zero-order valence-electron chi connectivity index (χ0n) is 14.8. The highest BCUT2D eigenvalue weighted by atomic mass is 35.5. The summed E-state index contributed by atoms with van der Waals surface area (Å²) in [6.07, 6.45) is 0.905. The molecule has 4 N–H and O–H groups in total. The van der Waals surface area contributed by atoms with Crippen molar-refractivity contribution in [3.63, 3.8) is 0 Å². The van der Waals surface area contributed by atoms with Crippen molar-refractivity contribution in [2.45, 2.75) is 26.8 Å². The minimum atomic E-state index is -0.753. The molecule has 1 heterocycles. The standard InChI is InChI=1S/C17H22ClN5O3/c1-4-26-17(25)21-14(10(2)3)16(24)22-15-13(9-19-23-15)20-12-7-5-6-11(18)8-12/h5-10,14,20H,4H2,1-3H3,(H,21,25)(H2,19,22,23,24)/t14-/m0/s1. The molecular formula is C17H22ClN5O3. The summed E-state index contributed by atoms with van der Waals surface area (Å²) in [5, 5.41) is 15.7. The third-order valence-electron chi connectivity index (χ3n) is 3.49. The molecule has 0 saturated heterocycles. The van der Waals surface area contributed by atoms with Gasteiger partial charge in [-0.1, -0.05) is 31.5 Å². The van der Waals surface area contributed by atoms with Gasteiger partial charge in [0.05, 0.1) is 12.8 Å². The van der Waals surface area contributed by atoms with Crippen LogP contribution in [0, 0.1) is 5.92 Å². The van der Waals surface area contributed by atoms with E-state index in [-0.39, 0.29) is 18.4 Å². The average molecular weight is 380 g/mol. The maximum atomic E-state index is 12.6. The van der Waals surface area contributed by atoms with E-state index in [4.69, 9.17) is 16.3 Å². The molecule has 0 fully saturated rings. The van der Waals surface area contributed by atoms with Crippen molar-refractivity contribution >= 4 is 40.8 Å². The number of nitrogens with one attached hydrogen (secondary N) is 4. The van der Waals surface area contributed by atoms with Gasteiger partial charge < -0.3 is 20.7 Å². The highest BCUT2D eigenvalue weighted by Crippen LogP contribution is 2.25. The van der Waals surface area contributed by atoms with Gasteiger partial charge in [-0.15, -0.1) is 0 Å². The number of H-pyrrole nitrogens is 1. The number of ether oxygens (including phenoxy) is 1. The summed E-state index contributed by atoms with van der Waals surface area (Å²) in [5.74, 6) is -0.135. The van der Waals surface area contributed by atoms with Gasteiger partial charge in [-0.25, -0.2) is 4.79 Å². The lowest BCUT2D eigenvalue weighted by Crippen LogP contribution is -2.47. The number of anilines is 3. The molecule has 26 heavy (non-hydrogen) atoms. The first-order valence-electron chi connectivity index (χ1n) is 8.20. The maximum Gasteiger partial charge on any atom is 0.407 e. The van der Waals surface area contributed by atoms with E-state index in [0.717, 1.165) is 5.69 Å². The minimum absolute atomic E-state index is 0.133. The highest BCUT2D eigenvalue weighted by Gasteiger charge is 2.25. The molecule has 1 atom stereocenters. The van der Waals surface area contributed by atoms with Crippen LogP contribution < -0.4 is 16.0 Å². The Hall–Kier alpha value is -2.74. The second-order valence-corrected chi connectivity index (χ2v) is 6.31. The molecule has 2 amide bonds. The Labute approximate surface area is 156 Å². The number of halogens is 1. The van der Waals surface area contributed by atoms with E-state index >= 15 is 0 Å². The molecule has 0 aliphatic rings. The van der Waals surface area contributed by atoms with Crippen LogP contribution in [0.4, 0.5) is 22.0 Å². The predicted molar refractivity (Wildman–Crippen MR) is 101 cm³/mol. The first-order chi connectivity index (χ1) is 12.4. The van der Waals surface area contributed by atoms with E-state index in [1.165, 1.54) is 0 Å². The number of hydrogen-bond donors (Lipinski definition) is 4. The van der Waals surface area contributed by atoms with Crippen molar-refractivity contribution in [1.29, 1.82) is 0 Å². The fourth-order valence-corrected chi connectivity index (χ4v) is 2.42. The zero-order chi connectivity index (χ0) is 19.1. The fourth-order valence-electron chi connectivity index (χ4n) is 2.23. The molecule has 0 aliphatic carbocycles. The van der Waals surface area contributed by atoms with Gasteiger partial charge in [-0.3, -0.25) is 9.89 Å². The molecule has 0 bridgehead atoms. The van der Waals surface area contributed by atoms with Gasteiger partial charge in [0.25, 0.3) is 0 Å². The van der Waals surface area contributed by atoms with Gasteiger partial charge >= 0.3 is 6.09 Å². The maximum absolute atomic E-state index is 12.6. The normalized spacial score (nSPS) is 11.7. The second kappa shape index (κ2) is 9.10. The quantitative estimate of drug-likeness (QED) is 0.588. The predicted octanol–water partition coefficient (Wildman–Crippen LogP) is 3.52.